The van der Waals surface area contributed by atoms with Crippen LogP contribution < -0.4 is 10.5 Å². The number of benzene rings is 1. The zero-order valence-corrected chi connectivity index (χ0v) is 14.9. The lowest BCUT2D eigenvalue weighted by molar-refractivity contribution is -0.135. The summed E-state index contributed by atoms with van der Waals surface area (Å²) in [6, 6.07) is 8.80. The SMILES string of the molecule is O=C(C1CCOC1)N1CCN(c2nc(-c3ccccc3)c(F)c(=O)[nH]2)CC1. The summed E-state index contributed by atoms with van der Waals surface area (Å²) in [5, 5.41) is 0. The molecule has 1 atom stereocenters. The summed E-state index contributed by atoms with van der Waals surface area (Å²) < 4.78 is 19.6. The number of aromatic nitrogens is 2. The van der Waals surface area contributed by atoms with Gasteiger partial charge in [0.1, 0.15) is 5.69 Å². The van der Waals surface area contributed by atoms with E-state index in [1.807, 2.05) is 15.9 Å². The maximum absolute atomic E-state index is 14.3. The number of amides is 1. The monoisotopic (exact) mass is 372 g/mol. The number of halogens is 1. The second-order valence-electron chi connectivity index (χ2n) is 6.79. The van der Waals surface area contributed by atoms with E-state index in [9.17, 15) is 14.0 Å². The van der Waals surface area contributed by atoms with Gasteiger partial charge in [-0.2, -0.15) is 4.39 Å². The molecule has 4 rings (SSSR count). The van der Waals surface area contributed by atoms with Crippen LogP contribution in [0.25, 0.3) is 11.3 Å². The minimum Gasteiger partial charge on any atom is -0.381 e. The van der Waals surface area contributed by atoms with Crippen molar-refractivity contribution in [2.45, 2.75) is 6.42 Å². The third-order valence-corrected chi connectivity index (χ3v) is 5.07. The van der Waals surface area contributed by atoms with Gasteiger partial charge >= 0.3 is 0 Å². The number of piperazine rings is 1. The first kappa shape index (κ1) is 17.7. The summed E-state index contributed by atoms with van der Waals surface area (Å²) in [5.41, 5.74) is -0.200. The van der Waals surface area contributed by atoms with Crippen molar-refractivity contribution < 1.29 is 13.9 Å². The van der Waals surface area contributed by atoms with Crippen LogP contribution in [0.2, 0.25) is 0 Å². The Balaban J connectivity index is 1.51. The summed E-state index contributed by atoms with van der Waals surface area (Å²) >= 11 is 0. The molecule has 2 aliphatic heterocycles. The van der Waals surface area contributed by atoms with Crippen LogP contribution in [0.15, 0.2) is 35.1 Å². The smallest absolute Gasteiger partial charge is 0.289 e. The number of hydrogen-bond donors (Lipinski definition) is 1. The Morgan fingerprint density at radius 3 is 2.59 bits per heavy atom. The van der Waals surface area contributed by atoms with E-state index in [1.165, 1.54) is 0 Å². The van der Waals surface area contributed by atoms with Gasteiger partial charge in [0.05, 0.1) is 12.5 Å². The van der Waals surface area contributed by atoms with Crippen LogP contribution in [0, 0.1) is 11.7 Å². The second kappa shape index (κ2) is 7.48. The van der Waals surface area contributed by atoms with Gasteiger partial charge in [0.15, 0.2) is 0 Å². The molecule has 1 unspecified atom stereocenters. The van der Waals surface area contributed by atoms with Crippen LogP contribution in [-0.2, 0) is 9.53 Å². The van der Waals surface area contributed by atoms with E-state index in [0.29, 0.717) is 50.9 Å². The Hall–Kier alpha value is -2.74. The second-order valence-corrected chi connectivity index (χ2v) is 6.79. The highest BCUT2D eigenvalue weighted by atomic mass is 19.1. The number of hydrogen-bond acceptors (Lipinski definition) is 5. The summed E-state index contributed by atoms with van der Waals surface area (Å²) in [4.78, 5) is 35.1. The fourth-order valence-electron chi connectivity index (χ4n) is 3.51. The van der Waals surface area contributed by atoms with Crippen molar-refractivity contribution in [2.75, 3.05) is 44.3 Å². The number of H-pyrrole nitrogens is 1. The Morgan fingerprint density at radius 2 is 1.93 bits per heavy atom. The van der Waals surface area contributed by atoms with Gasteiger partial charge in [0, 0.05) is 38.3 Å². The molecule has 1 N–H and O–H groups in total. The average Bonchev–Trinajstić information content (AvgIpc) is 3.25. The summed E-state index contributed by atoms with van der Waals surface area (Å²) in [6.45, 7) is 3.27. The lowest BCUT2D eigenvalue weighted by Gasteiger charge is -2.36. The lowest BCUT2D eigenvalue weighted by Crippen LogP contribution is -2.51. The number of nitrogens with zero attached hydrogens (tertiary/aromatic N) is 3. The molecule has 8 heteroatoms. The largest absolute Gasteiger partial charge is 0.381 e. The highest BCUT2D eigenvalue weighted by Gasteiger charge is 2.30. The molecule has 142 valence electrons. The zero-order valence-electron chi connectivity index (χ0n) is 14.9. The highest BCUT2D eigenvalue weighted by molar-refractivity contribution is 5.79. The standard InChI is InChI=1S/C19H21FN4O3/c20-15-16(13-4-2-1-3-5-13)21-19(22-17(15)25)24-9-7-23(8-10-24)18(26)14-6-11-27-12-14/h1-5,14H,6-12H2,(H,21,22,25). The Morgan fingerprint density at radius 1 is 1.19 bits per heavy atom. The van der Waals surface area contributed by atoms with Crippen molar-refractivity contribution in [1.29, 1.82) is 0 Å². The van der Waals surface area contributed by atoms with Gasteiger partial charge in [-0.15, -0.1) is 0 Å². The molecule has 1 aromatic carbocycles. The van der Waals surface area contributed by atoms with Crippen molar-refractivity contribution >= 4 is 11.9 Å². The highest BCUT2D eigenvalue weighted by Crippen LogP contribution is 2.22. The third-order valence-electron chi connectivity index (χ3n) is 5.07. The van der Waals surface area contributed by atoms with E-state index < -0.39 is 11.4 Å². The molecule has 2 saturated heterocycles. The molecule has 0 radical (unpaired) electrons. The van der Waals surface area contributed by atoms with Gasteiger partial charge in [-0.1, -0.05) is 30.3 Å². The first-order valence-corrected chi connectivity index (χ1v) is 9.10. The van der Waals surface area contributed by atoms with Gasteiger partial charge in [-0.3, -0.25) is 14.6 Å². The first-order chi connectivity index (χ1) is 13.1. The van der Waals surface area contributed by atoms with E-state index in [2.05, 4.69) is 9.97 Å². The molecular formula is C19H21FN4O3. The fourth-order valence-corrected chi connectivity index (χ4v) is 3.51. The average molecular weight is 372 g/mol. The van der Waals surface area contributed by atoms with E-state index in [4.69, 9.17) is 4.74 Å². The lowest BCUT2D eigenvalue weighted by atomic mass is 10.1. The Kier molecular flexibility index (Phi) is 4.89. The molecule has 1 amide bonds. The van der Waals surface area contributed by atoms with Gasteiger partial charge in [0.25, 0.3) is 5.56 Å². The van der Waals surface area contributed by atoms with Crippen LogP contribution >= 0.6 is 0 Å². The molecule has 2 fully saturated rings. The topological polar surface area (TPSA) is 78.5 Å². The Labute approximate surface area is 155 Å². The van der Waals surface area contributed by atoms with Crippen LogP contribution in [0.3, 0.4) is 0 Å². The molecule has 2 aliphatic rings. The number of rotatable bonds is 3. The fraction of sp³-hybridized carbons (Fsp3) is 0.421. The van der Waals surface area contributed by atoms with E-state index in [-0.39, 0.29) is 17.5 Å². The van der Waals surface area contributed by atoms with Gasteiger partial charge < -0.3 is 14.5 Å². The summed E-state index contributed by atoms with van der Waals surface area (Å²) in [5.74, 6) is -0.487. The molecule has 0 bridgehead atoms. The first-order valence-electron chi connectivity index (χ1n) is 9.10. The molecule has 2 aromatic rings. The predicted octanol–water partition coefficient (Wildman–Crippen LogP) is 1.26. The van der Waals surface area contributed by atoms with E-state index >= 15 is 0 Å². The maximum Gasteiger partial charge on any atom is 0.289 e. The van der Waals surface area contributed by atoms with Gasteiger partial charge in [-0.25, -0.2) is 4.98 Å². The minimum absolute atomic E-state index is 0.0379. The molecular weight excluding hydrogens is 351 g/mol. The van der Waals surface area contributed by atoms with Crippen molar-refractivity contribution in [3.8, 4) is 11.3 Å². The van der Waals surface area contributed by atoms with Gasteiger partial charge in [0.2, 0.25) is 17.7 Å². The van der Waals surface area contributed by atoms with Crippen molar-refractivity contribution in [3.05, 3.63) is 46.5 Å². The Bertz CT molecular complexity index is 872. The quantitative estimate of drug-likeness (QED) is 0.878. The maximum atomic E-state index is 14.3. The minimum atomic E-state index is -0.889. The van der Waals surface area contributed by atoms with Crippen LogP contribution in [0.1, 0.15) is 6.42 Å². The zero-order chi connectivity index (χ0) is 18.8. The summed E-state index contributed by atoms with van der Waals surface area (Å²) in [7, 11) is 0. The molecule has 3 heterocycles. The molecule has 0 saturated carbocycles. The van der Waals surface area contributed by atoms with Crippen LogP contribution in [0.5, 0.6) is 0 Å². The summed E-state index contributed by atoms with van der Waals surface area (Å²) in [6.07, 6.45) is 0.770. The van der Waals surface area contributed by atoms with Crippen molar-refractivity contribution in [1.82, 2.24) is 14.9 Å². The van der Waals surface area contributed by atoms with E-state index in [0.717, 1.165) is 6.42 Å². The van der Waals surface area contributed by atoms with Crippen LogP contribution in [0.4, 0.5) is 10.3 Å². The van der Waals surface area contributed by atoms with Gasteiger partial charge in [-0.05, 0) is 6.42 Å². The normalized spacial score (nSPS) is 20.1. The number of anilines is 1. The molecule has 27 heavy (non-hydrogen) atoms. The molecule has 0 aliphatic carbocycles. The van der Waals surface area contributed by atoms with E-state index in [1.54, 1.807) is 24.3 Å². The predicted molar refractivity (Wildman–Crippen MR) is 98.0 cm³/mol. The number of nitrogens with one attached hydrogen (secondary N) is 1. The number of aromatic amines is 1. The number of carbonyl (C=O) groups is 1. The van der Waals surface area contributed by atoms with Crippen LogP contribution in [-0.4, -0.2) is 60.2 Å². The number of carbonyl (C=O) groups excluding carboxylic acids is 1. The molecule has 1 aromatic heterocycles. The molecule has 7 nitrogen and oxygen atoms in total. The molecule has 0 spiro atoms. The third kappa shape index (κ3) is 3.57. The number of ether oxygens (including phenoxy) is 1. The van der Waals surface area contributed by atoms with Crippen molar-refractivity contribution in [2.24, 2.45) is 5.92 Å². The van der Waals surface area contributed by atoms with Crippen molar-refractivity contribution in [3.63, 3.8) is 0 Å².